The molecule has 0 aliphatic rings. The maximum atomic E-state index is 6.61. The lowest BCUT2D eigenvalue weighted by molar-refractivity contribution is 0.557. The highest BCUT2D eigenvalue weighted by molar-refractivity contribution is 5.72. The van der Waals surface area contributed by atoms with Crippen LogP contribution in [0.2, 0.25) is 0 Å². The van der Waals surface area contributed by atoms with E-state index in [1.54, 1.807) is 0 Å². The van der Waals surface area contributed by atoms with Gasteiger partial charge in [-0.25, -0.2) is 4.98 Å². The second-order valence-electron chi connectivity index (χ2n) is 1.06. The van der Waals surface area contributed by atoms with E-state index in [0.29, 0.717) is 5.69 Å². The van der Waals surface area contributed by atoms with Crippen LogP contribution in [0.4, 0.5) is 0 Å². The Bertz CT molecular complexity index is 145. The third-order valence-corrected chi connectivity index (χ3v) is 0.599. The summed E-state index contributed by atoms with van der Waals surface area (Å²) in [5.74, 6) is 0. The van der Waals surface area contributed by atoms with E-state index in [1.165, 1.54) is 12.7 Å². The maximum Gasteiger partial charge on any atom is 0.181 e. The fourth-order valence-corrected chi connectivity index (χ4v) is 0.293. The molecule has 3 nitrogen and oxygen atoms in total. The van der Waals surface area contributed by atoms with Crippen molar-refractivity contribution in [3.05, 3.63) is 18.4 Å². The third kappa shape index (κ3) is 0.652. The molecule has 0 aliphatic heterocycles. The number of nitrogens with one attached hydrogen (secondary N) is 1. The lowest BCUT2D eigenvalue weighted by Gasteiger charge is -1.65. The number of nitrogens with zero attached hydrogens (tertiary/aromatic N) is 1. The van der Waals surface area contributed by atoms with E-state index in [4.69, 9.17) is 5.41 Å². The van der Waals surface area contributed by atoms with Crippen LogP contribution >= 0.6 is 0 Å². The number of aromatic nitrogens is 1. The smallest absolute Gasteiger partial charge is 0.181 e. The Kier molecular flexibility index (Phi) is 0.898. The van der Waals surface area contributed by atoms with Gasteiger partial charge in [-0.3, -0.25) is 0 Å². The highest BCUT2D eigenvalue weighted by Crippen LogP contribution is 1.85. The predicted molar refractivity (Wildman–Crippen MR) is 24.4 cm³/mol. The number of oxazole rings is 1. The second-order valence-corrected chi connectivity index (χ2v) is 1.06. The molecule has 0 radical (unpaired) electrons. The molecule has 0 spiro atoms. The van der Waals surface area contributed by atoms with Gasteiger partial charge in [-0.15, -0.1) is 0 Å². The topological polar surface area (TPSA) is 49.9 Å². The van der Waals surface area contributed by atoms with Gasteiger partial charge in [0.25, 0.3) is 0 Å². The van der Waals surface area contributed by atoms with Crippen LogP contribution in [0.3, 0.4) is 0 Å². The minimum absolute atomic E-state index is 0.556. The standard InChI is InChI=1S/C4H4N2O/c5-1-4-2-7-3-6-4/h1-3,5H. The van der Waals surface area contributed by atoms with Gasteiger partial charge in [0.05, 0.1) is 0 Å². The normalized spacial score (nSPS) is 8.57. The molecule has 7 heavy (non-hydrogen) atoms. The summed E-state index contributed by atoms with van der Waals surface area (Å²) in [6.07, 6.45) is 3.83. The van der Waals surface area contributed by atoms with Crippen molar-refractivity contribution in [3.63, 3.8) is 0 Å². The molecule has 0 aliphatic carbocycles. The van der Waals surface area contributed by atoms with E-state index >= 15 is 0 Å². The minimum Gasteiger partial charge on any atom is -0.451 e. The third-order valence-electron chi connectivity index (χ3n) is 0.599. The molecule has 0 saturated carbocycles. The van der Waals surface area contributed by atoms with Crippen LogP contribution in [-0.2, 0) is 0 Å². The Morgan fingerprint density at radius 2 is 2.71 bits per heavy atom. The molecule has 1 aromatic rings. The van der Waals surface area contributed by atoms with Crippen molar-refractivity contribution in [2.75, 3.05) is 0 Å². The van der Waals surface area contributed by atoms with Crippen molar-refractivity contribution in [3.8, 4) is 0 Å². The van der Waals surface area contributed by atoms with Crippen molar-refractivity contribution in [1.29, 1.82) is 5.41 Å². The van der Waals surface area contributed by atoms with Crippen LogP contribution < -0.4 is 0 Å². The molecule has 1 rings (SSSR count). The summed E-state index contributed by atoms with van der Waals surface area (Å²) in [6, 6.07) is 0. The van der Waals surface area contributed by atoms with Crippen LogP contribution in [0.25, 0.3) is 0 Å². The van der Waals surface area contributed by atoms with Gasteiger partial charge in [0, 0.05) is 6.21 Å². The molecule has 0 fully saturated rings. The zero-order valence-corrected chi connectivity index (χ0v) is 3.59. The van der Waals surface area contributed by atoms with Gasteiger partial charge in [-0.1, -0.05) is 0 Å². The molecule has 36 valence electrons. The van der Waals surface area contributed by atoms with E-state index in [9.17, 15) is 0 Å². The SMILES string of the molecule is N=Cc1cocn1. The number of hydrogen-bond donors (Lipinski definition) is 1. The molecule has 1 heterocycles. The molecule has 0 atom stereocenters. The van der Waals surface area contributed by atoms with E-state index in [2.05, 4.69) is 9.40 Å². The molecular formula is C4H4N2O. The van der Waals surface area contributed by atoms with Crippen molar-refractivity contribution in [2.24, 2.45) is 0 Å². The lowest BCUT2D eigenvalue weighted by atomic mass is 10.5. The second kappa shape index (κ2) is 1.55. The first-order chi connectivity index (χ1) is 3.43. The quantitative estimate of drug-likeness (QED) is 0.522. The molecule has 1 aromatic heterocycles. The molecule has 0 saturated heterocycles. The van der Waals surface area contributed by atoms with E-state index < -0.39 is 0 Å². The predicted octanol–water partition coefficient (Wildman–Crippen LogP) is 0.672. The monoisotopic (exact) mass is 96.0 g/mol. The highest BCUT2D eigenvalue weighted by Gasteiger charge is 1.83. The van der Waals surface area contributed by atoms with Crippen molar-refractivity contribution >= 4 is 6.21 Å². The Hall–Kier alpha value is -1.12. The van der Waals surface area contributed by atoms with Crippen LogP contribution in [-0.4, -0.2) is 11.2 Å². The first kappa shape index (κ1) is 4.05. The van der Waals surface area contributed by atoms with E-state index in [-0.39, 0.29) is 0 Å². The fraction of sp³-hybridized carbons (Fsp3) is 0. The average molecular weight is 96.1 g/mol. The zero-order chi connectivity index (χ0) is 5.11. The van der Waals surface area contributed by atoms with Gasteiger partial charge in [0.15, 0.2) is 6.39 Å². The summed E-state index contributed by atoms with van der Waals surface area (Å²) in [5.41, 5.74) is 0.556. The van der Waals surface area contributed by atoms with Crippen molar-refractivity contribution in [1.82, 2.24) is 4.98 Å². The summed E-state index contributed by atoms with van der Waals surface area (Å²) in [4.78, 5) is 3.62. The first-order valence-electron chi connectivity index (χ1n) is 1.82. The molecule has 0 bridgehead atoms. The van der Waals surface area contributed by atoms with Gasteiger partial charge < -0.3 is 9.83 Å². The summed E-state index contributed by atoms with van der Waals surface area (Å²) in [5, 5.41) is 6.61. The summed E-state index contributed by atoms with van der Waals surface area (Å²) < 4.78 is 4.54. The molecule has 1 N–H and O–H groups in total. The van der Waals surface area contributed by atoms with Crippen molar-refractivity contribution in [2.45, 2.75) is 0 Å². The Morgan fingerprint density at radius 3 is 3.00 bits per heavy atom. The molecule has 0 aromatic carbocycles. The van der Waals surface area contributed by atoms with Crippen LogP contribution in [0.1, 0.15) is 5.69 Å². The van der Waals surface area contributed by atoms with Gasteiger partial charge in [-0.2, -0.15) is 0 Å². The Morgan fingerprint density at radius 1 is 1.86 bits per heavy atom. The van der Waals surface area contributed by atoms with E-state index in [0.717, 1.165) is 6.21 Å². The van der Waals surface area contributed by atoms with Gasteiger partial charge in [0.2, 0.25) is 0 Å². The van der Waals surface area contributed by atoms with Gasteiger partial charge >= 0.3 is 0 Å². The van der Waals surface area contributed by atoms with Gasteiger partial charge in [0.1, 0.15) is 12.0 Å². The van der Waals surface area contributed by atoms with Crippen LogP contribution in [0.5, 0.6) is 0 Å². The minimum atomic E-state index is 0.556. The van der Waals surface area contributed by atoms with Crippen molar-refractivity contribution < 1.29 is 4.42 Å². The number of hydrogen-bond acceptors (Lipinski definition) is 3. The number of rotatable bonds is 1. The van der Waals surface area contributed by atoms with E-state index in [1.807, 2.05) is 0 Å². The fourth-order valence-electron chi connectivity index (χ4n) is 0.293. The maximum absolute atomic E-state index is 6.61. The lowest BCUT2D eigenvalue weighted by Crippen LogP contribution is -1.72. The van der Waals surface area contributed by atoms with Crippen LogP contribution in [0.15, 0.2) is 17.1 Å². The molecule has 0 unspecified atom stereocenters. The Balaban J connectivity index is 2.96. The highest BCUT2D eigenvalue weighted by atomic mass is 16.3. The summed E-state index contributed by atoms with van der Waals surface area (Å²) in [7, 11) is 0. The largest absolute Gasteiger partial charge is 0.451 e. The zero-order valence-electron chi connectivity index (χ0n) is 3.59. The van der Waals surface area contributed by atoms with Crippen LogP contribution in [0, 0.1) is 5.41 Å². The van der Waals surface area contributed by atoms with Gasteiger partial charge in [-0.05, 0) is 0 Å². The first-order valence-corrected chi connectivity index (χ1v) is 1.82. The Labute approximate surface area is 40.5 Å². The molecule has 3 heteroatoms. The average Bonchev–Trinajstić information content (AvgIpc) is 2.14. The summed E-state index contributed by atoms with van der Waals surface area (Å²) >= 11 is 0. The molecular weight excluding hydrogens is 92.1 g/mol. The summed E-state index contributed by atoms with van der Waals surface area (Å²) in [6.45, 7) is 0. The molecule has 0 amide bonds.